The molecule has 2 aliphatic rings. The van der Waals surface area contributed by atoms with E-state index in [0.717, 1.165) is 17.5 Å². The van der Waals surface area contributed by atoms with Crippen molar-refractivity contribution in [3.05, 3.63) is 29.3 Å². The van der Waals surface area contributed by atoms with E-state index < -0.39 is 17.7 Å². The van der Waals surface area contributed by atoms with Gasteiger partial charge in [0.2, 0.25) is 5.54 Å². The largest absolute Gasteiger partial charge is 0.427 e. The molecule has 1 aromatic carbocycles. The number of nitrogens with zero attached hydrogens (tertiary/aromatic N) is 1. The van der Waals surface area contributed by atoms with Gasteiger partial charge < -0.3 is 10.4 Å². The highest BCUT2D eigenvalue weighted by Crippen LogP contribution is 2.46. The zero-order valence-electron chi connectivity index (χ0n) is 11.9. The molecule has 23 heavy (non-hydrogen) atoms. The van der Waals surface area contributed by atoms with Gasteiger partial charge in [0.05, 0.1) is 12.3 Å². The number of carbonyl (C=O) groups is 1. The van der Waals surface area contributed by atoms with Gasteiger partial charge in [-0.2, -0.15) is 13.2 Å². The van der Waals surface area contributed by atoms with Gasteiger partial charge in [0.1, 0.15) is 0 Å². The third-order valence-corrected chi connectivity index (χ3v) is 4.40. The maximum Gasteiger partial charge on any atom is 0.427 e. The van der Waals surface area contributed by atoms with Gasteiger partial charge in [0, 0.05) is 11.5 Å². The van der Waals surface area contributed by atoms with Crippen molar-refractivity contribution in [1.82, 2.24) is 5.32 Å². The number of hydrogen-bond donors (Lipinski definition) is 2. The number of benzene rings is 1. The van der Waals surface area contributed by atoms with Crippen LogP contribution in [0.4, 0.5) is 23.7 Å². The maximum atomic E-state index is 13.8. The Morgan fingerprint density at radius 3 is 2.70 bits per heavy atom. The second-order valence-electron chi connectivity index (χ2n) is 5.60. The van der Waals surface area contributed by atoms with Crippen molar-refractivity contribution in [2.75, 3.05) is 4.67 Å². The molecular formula is C15H14F3N2O2P. The summed E-state index contributed by atoms with van der Waals surface area (Å²) < 4.78 is 42.5. The van der Waals surface area contributed by atoms with Gasteiger partial charge in [-0.05, 0) is 33.9 Å². The van der Waals surface area contributed by atoms with Gasteiger partial charge in [0.25, 0.3) is 0 Å². The Labute approximate surface area is 133 Å². The average Bonchev–Trinajstić information content (AvgIpc) is 3.32. The molecule has 0 aromatic heterocycles. The summed E-state index contributed by atoms with van der Waals surface area (Å²) in [5.41, 5.74) is -2.40. The minimum atomic E-state index is -4.77. The Morgan fingerprint density at radius 1 is 1.43 bits per heavy atom. The Bertz CT molecular complexity index is 722. The van der Waals surface area contributed by atoms with Crippen molar-refractivity contribution in [3.8, 4) is 11.8 Å². The number of halogens is 3. The number of hydrogen-bond acceptors (Lipinski definition) is 2. The lowest BCUT2D eigenvalue weighted by atomic mass is 9.85. The lowest BCUT2D eigenvalue weighted by Gasteiger charge is -2.40. The minimum absolute atomic E-state index is 0.0414. The van der Waals surface area contributed by atoms with Gasteiger partial charge in [-0.1, -0.05) is 24.0 Å². The van der Waals surface area contributed by atoms with Crippen molar-refractivity contribution in [3.63, 3.8) is 0 Å². The summed E-state index contributed by atoms with van der Waals surface area (Å²) in [6, 6.07) is 3.10. The normalized spacial score (nSPS) is 23.7. The molecule has 1 aliphatic heterocycles. The summed E-state index contributed by atoms with van der Waals surface area (Å²) >= 11 is 0. The summed E-state index contributed by atoms with van der Waals surface area (Å²) in [5.74, 6) is 4.85. The van der Waals surface area contributed by atoms with E-state index in [1.807, 2.05) is 5.32 Å². The van der Waals surface area contributed by atoms with Crippen molar-refractivity contribution >= 4 is 21.1 Å². The predicted octanol–water partition coefficient (Wildman–Crippen LogP) is 2.67. The number of nitrogens with one attached hydrogen (secondary N) is 1. The minimum Gasteiger partial charge on any atom is -0.392 e. The lowest BCUT2D eigenvalue weighted by molar-refractivity contribution is -0.178. The molecule has 1 heterocycles. The van der Waals surface area contributed by atoms with E-state index in [9.17, 15) is 23.1 Å². The van der Waals surface area contributed by atoms with Crippen LogP contribution in [0.25, 0.3) is 0 Å². The summed E-state index contributed by atoms with van der Waals surface area (Å²) in [6.45, 7) is -0.333. The molecule has 4 nitrogen and oxygen atoms in total. The third kappa shape index (κ3) is 2.66. The number of aliphatic hydroxyl groups is 1. The molecule has 2 amide bonds. The SMILES string of the molecule is O=C1NC(C#CC2CC2)(C(F)(F)F)c2ccc(CO)cc2N1P. The number of urea groups is 1. The summed E-state index contributed by atoms with van der Waals surface area (Å²) in [4.78, 5) is 12.0. The fourth-order valence-electron chi connectivity index (χ4n) is 2.42. The van der Waals surface area contributed by atoms with Gasteiger partial charge in [-0.3, -0.25) is 4.67 Å². The molecule has 1 aromatic rings. The van der Waals surface area contributed by atoms with Crippen molar-refractivity contribution in [2.24, 2.45) is 5.92 Å². The van der Waals surface area contributed by atoms with Crippen LogP contribution >= 0.6 is 9.39 Å². The second-order valence-corrected chi connectivity index (χ2v) is 6.12. The molecule has 2 unspecified atom stereocenters. The van der Waals surface area contributed by atoms with E-state index in [1.165, 1.54) is 18.2 Å². The molecular weight excluding hydrogens is 328 g/mol. The van der Waals surface area contributed by atoms with E-state index >= 15 is 0 Å². The number of alkyl halides is 3. The zero-order valence-corrected chi connectivity index (χ0v) is 13.1. The molecule has 122 valence electrons. The second kappa shape index (κ2) is 5.40. The average molecular weight is 342 g/mol. The van der Waals surface area contributed by atoms with Crippen LogP contribution in [0.1, 0.15) is 24.0 Å². The highest BCUT2D eigenvalue weighted by molar-refractivity contribution is 7.21. The number of fused-ring (bicyclic) bond motifs is 1. The Hall–Kier alpha value is -1.77. The third-order valence-electron chi connectivity index (χ3n) is 3.89. The standard InChI is InChI=1S/C15H14F3N2O2P/c16-15(17,18)14(6-5-9-1-2-9)11-4-3-10(8-21)7-12(11)20(23)13(22)19-14/h3-4,7,9,21H,1-2,8,23H2,(H,19,22). The number of anilines is 1. The number of amides is 2. The van der Waals surface area contributed by atoms with Gasteiger partial charge >= 0.3 is 12.2 Å². The first-order valence-electron chi connectivity index (χ1n) is 6.99. The highest BCUT2D eigenvalue weighted by Gasteiger charge is 2.60. The van der Waals surface area contributed by atoms with E-state index in [-0.39, 0.29) is 23.8 Å². The van der Waals surface area contributed by atoms with Crippen LogP contribution in [0.3, 0.4) is 0 Å². The molecule has 8 heteroatoms. The van der Waals surface area contributed by atoms with E-state index in [2.05, 4.69) is 21.2 Å². The van der Waals surface area contributed by atoms with Crippen molar-refractivity contribution < 1.29 is 23.1 Å². The predicted molar refractivity (Wildman–Crippen MR) is 81.3 cm³/mol. The van der Waals surface area contributed by atoms with Crippen LogP contribution in [0.5, 0.6) is 0 Å². The van der Waals surface area contributed by atoms with E-state index in [0.29, 0.717) is 5.56 Å². The molecule has 1 fully saturated rings. The van der Waals surface area contributed by atoms with E-state index in [1.54, 1.807) is 0 Å². The van der Waals surface area contributed by atoms with Gasteiger partial charge in [-0.25, -0.2) is 4.79 Å². The quantitative estimate of drug-likeness (QED) is 0.609. The fraction of sp³-hybridized carbons (Fsp3) is 0.400. The first kappa shape index (κ1) is 16.1. The van der Waals surface area contributed by atoms with Crippen LogP contribution in [0, 0.1) is 17.8 Å². The number of aliphatic hydroxyl groups excluding tert-OH is 1. The molecule has 1 saturated carbocycles. The van der Waals surface area contributed by atoms with E-state index in [4.69, 9.17) is 0 Å². The number of rotatable bonds is 1. The first-order valence-corrected chi connectivity index (χ1v) is 7.51. The highest BCUT2D eigenvalue weighted by atomic mass is 31.0. The number of carbonyl (C=O) groups excluding carboxylic acids is 1. The van der Waals surface area contributed by atoms with Crippen LogP contribution in [-0.2, 0) is 12.1 Å². The van der Waals surface area contributed by atoms with Gasteiger partial charge in [-0.15, -0.1) is 0 Å². The Morgan fingerprint density at radius 2 is 2.13 bits per heavy atom. The van der Waals surface area contributed by atoms with Crippen molar-refractivity contribution in [2.45, 2.75) is 31.2 Å². The van der Waals surface area contributed by atoms with Crippen LogP contribution in [-0.4, -0.2) is 17.3 Å². The van der Waals surface area contributed by atoms with Gasteiger partial charge in [0.15, 0.2) is 0 Å². The monoisotopic (exact) mass is 342 g/mol. The zero-order chi connectivity index (χ0) is 16.8. The smallest absolute Gasteiger partial charge is 0.392 e. The van der Waals surface area contributed by atoms with Crippen LogP contribution in [0.15, 0.2) is 18.2 Å². The summed E-state index contributed by atoms with van der Waals surface area (Å²) in [5, 5.41) is 11.2. The van der Waals surface area contributed by atoms with Crippen LogP contribution < -0.4 is 9.99 Å². The summed E-state index contributed by atoms with van der Waals surface area (Å²) in [7, 11) is 2.08. The maximum absolute atomic E-state index is 13.8. The van der Waals surface area contributed by atoms with Crippen molar-refractivity contribution in [1.29, 1.82) is 0 Å². The molecule has 0 bridgehead atoms. The Kier molecular flexibility index (Phi) is 3.78. The van der Waals surface area contributed by atoms with Crippen LogP contribution in [0.2, 0.25) is 0 Å². The lowest BCUT2D eigenvalue weighted by Crippen LogP contribution is -2.60. The fourth-order valence-corrected chi connectivity index (χ4v) is 2.70. The topological polar surface area (TPSA) is 52.6 Å². The summed E-state index contributed by atoms with van der Waals surface area (Å²) in [6.07, 6.45) is -3.21. The molecule has 0 saturated heterocycles. The molecule has 2 atom stereocenters. The Balaban J connectivity index is 2.23. The molecule has 3 rings (SSSR count). The molecule has 0 radical (unpaired) electrons. The molecule has 0 spiro atoms. The molecule has 2 N–H and O–H groups in total. The first-order chi connectivity index (χ1) is 10.8. The molecule has 1 aliphatic carbocycles.